The molecular weight excluding hydrogens is 320 g/mol. The van der Waals surface area contributed by atoms with Crippen molar-refractivity contribution in [2.24, 2.45) is 17.8 Å². The molecule has 2 saturated carbocycles. The van der Waals surface area contributed by atoms with Gasteiger partial charge in [0.25, 0.3) is 5.69 Å². The lowest BCUT2D eigenvalue weighted by Crippen LogP contribution is -2.25. The molecule has 1 N–H and O–H groups in total. The Kier molecular flexibility index (Phi) is 4.08. The van der Waals surface area contributed by atoms with Crippen molar-refractivity contribution < 1.29 is 4.92 Å². The van der Waals surface area contributed by atoms with Crippen LogP contribution in [0.5, 0.6) is 0 Å². The normalized spacial score (nSPS) is 18.5. The molecule has 1 aromatic carbocycles. The molecule has 0 spiro atoms. The smallest absolute Gasteiger partial charge is 0.270 e. The van der Waals surface area contributed by atoms with Gasteiger partial charge in [-0.3, -0.25) is 10.1 Å². The van der Waals surface area contributed by atoms with Crippen molar-refractivity contribution >= 4 is 21.6 Å². The number of hydrogen-bond donors (Lipinski definition) is 1. The highest BCUT2D eigenvalue weighted by Crippen LogP contribution is 2.48. The molecule has 0 saturated heterocycles. The van der Waals surface area contributed by atoms with Crippen LogP contribution < -0.4 is 5.32 Å². The second kappa shape index (κ2) is 5.82. The molecule has 108 valence electrons. The molecule has 2 aliphatic rings. The molecule has 1 aromatic rings. The fraction of sp³-hybridized carbons (Fsp3) is 0.600. The molecule has 0 aromatic heterocycles. The Labute approximate surface area is 127 Å². The van der Waals surface area contributed by atoms with Crippen LogP contribution in [0.25, 0.3) is 0 Å². The van der Waals surface area contributed by atoms with Gasteiger partial charge in [0.2, 0.25) is 0 Å². The third-order valence-electron chi connectivity index (χ3n) is 4.32. The molecule has 5 heteroatoms. The number of nitrogens with one attached hydrogen (secondary N) is 1. The van der Waals surface area contributed by atoms with Gasteiger partial charge < -0.3 is 5.32 Å². The van der Waals surface area contributed by atoms with Crippen molar-refractivity contribution in [3.8, 4) is 0 Å². The molecule has 0 atom stereocenters. The van der Waals surface area contributed by atoms with Crippen LogP contribution in [0.15, 0.2) is 22.7 Å². The van der Waals surface area contributed by atoms with Gasteiger partial charge in [0.15, 0.2) is 0 Å². The molecule has 0 amide bonds. The van der Waals surface area contributed by atoms with Crippen molar-refractivity contribution in [2.75, 3.05) is 6.54 Å². The van der Waals surface area contributed by atoms with Crippen molar-refractivity contribution in [2.45, 2.75) is 32.2 Å². The number of nitrogens with zero attached hydrogens (tertiary/aromatic N) is 1. The van der Waals surface area contributed by atoms with E-state index >= 15 is 0 Å². The Morgan fingerprint density at radius 2 is 1.90 bits per heavy atom. The van der Waals surface area contributed by atoms with Crippen LogP contribution in [0.2, 0.25) is 0 Å². The minimum absolute atomic E-state index is 0.150. The van der Waals surface area contributed by atoms with Crippen LogP contribution in [0.4, 0.5) is 5.69 Å². The van der Waals surface area contributed by atoms with Crippen LogP contribution in [0.3, 0.4) is 0 Å². The molecule has 0 radical (unpaired) electrons. The van der Waals surface area contributed by atoms with Crippen LogP contribution in [-0.2, 0) is 6.54 Å². The SMILES string of the molecule is O=[N+]([O-])c1cc(Br)cc(CNCC(C2CC2)C2CC2)c1. The highest BCUT2D eigenvalue weighted by atomic mass is 79.9. The summed E-state index contributed by atoms with van der Waals surface area (Å²) >= 11 is 3.34. The van der Waals surface area contributed by atoms with Gasteiger partial charge in [-0.2, -0.15) is 0 Å². The summed E-state index contributed by atoms with van der Waals surface area (Å²) in [6.07, 6.45) is 5.58. The lowest BCUT2D eigenvalue weighted by Gasteiger charge is -2.16. The largest absolute Gasteiger partial charge is 0.312 e. The standard InChI is InChI=1S/C15H19BrN2O2/c16-13-5-10(6-14(7-13)18(19)20)8-17-9-15(11-1-2-11)12-3-4-12/h5-7,11-12,15,17H,1-4,8-9H2. The van der Waals surface area contributed by atoms with E-state index in [-0.39, 0.29) is 10.6 Å². The van der Waals surface area contributed by atoms with Crippen LogP contribution in [0, 0.1) is 27.9 Å². The topological polar surface area (TPSA) is 55.2 Å². The monoisotopic (exact) mass is 338 g/mol. The van der Waals surface area contributed by atoms with Gasteiger partial charge in [0.05, 0.1) is 4.92 Å². The maximum absolute atomic E-state index is 10.8. The van der Waals surface area contributed by atoms with E-state index in [0.29, 0.717) is 6.54 Å². The zero-order chi connectivity index (χ0) is 14.1. The van der Waals surface area contributed by atoms with E-state index in [2.05, 4.69) is 21.2 Å². The molecule has 0 unspecified atom stereocenters. The van der Waals surface area contributed by atoms with E-state index < -0.39 is 0 Å². The molecule has 3 rings (SSSR count). The molecule has 2 aliphatic carbocycles. The van der Waals surface area contributed by atoms with Crippen molar-refractivity contribution in [1.82, 2.24) is 5.32 Å². The number of rotatable bonds is 7. The Hall–Kier alpha value is -0.940. The van der Waals surface area contributed by atoms with Gasteiger partial charge in [0, 0.05) is 23.2 Å². The average Bonchev–Trinajstić information content (AvgIpc) is 3.26. The lowest BCUT2D eigenvalue weighted by molar-refractivity contribution is -0.385. The molecule has 2 fully saturated rings. The molecule has 0 heterocycles. The van der Waals surface area contributed by atoms with Gasteiger partial charge in [0.1, 0.15) is 0 Å². The van der Waals surface area contributed by atoms with Gasteiger partial charge in [-0.05, 0) is 61.6 Å². The molecule has 0 aliphatic heterocycles. The Morgan fingerprint density at radius 3 is 2.45 bits per heavy atom. The highest BCUT2D eigenvalue weighted by molar-refractivity contribution is 9.10. The summed E-state index contributed by atoms with van der Waals surface area (Å²) in [6, 6.07) is 5.14. The van der Waals surface area contributed by atoms with Gasteiger partial charge in [-0.25, -0.2) is 0 Å². The molecule has 4 nitrogen and oxygen atoms in total. The number of benzene rings is 1. The van der Waals surface area contributed by atoms with Crippen LogP contribution >= 0.6 is 15.9 Å². The summed E-state index contributed by atoms with van der Waals surface area (Å²) < 4.78 is 0.768. The molecular formula is C15H19BrN2O2. The third kappa shape index (κ3) is 3.58. The summed E-state index contributed by atoms with van der Waals surface area (Å²) in [5.41, 5.74) is 1.12. The minimum Gasteiger partial charge on any atom is -0.312 e. The first-order valence-electron chi connectivity index (χ1n) is 7.28. The van der Waals surface area contributed by atoms with Crippen molar-refractivity contribution in [3.05, 3.63) is 38.3 Å². The first-order valence-corrected chi connectivity index (χ1v) is 8.07. The Morgan fingerprint density at radius 1 is 1.25 bits per heavy atom. The second-order valence-electron chi connectivity index (χ2n) is 6.04. The van der Waals surface area contributed by atoms with Crippen LogP contribution in [0.1, 0.15) is 31.2 Å². The molecule has 20 heavy (non-hydrogen) atoms. The summed E-state index contributed by atoms with van der Waals surface area (Å²) in [7, 11) is 0. The quantitative estimate of drug-likeness (QED) is 0.606. The summed E-state index contributed by atoms with van der Waals surface area (Å²) in [6.45, 7) is 1.76. The number of nitro groups is 1. The van der Waals surface area contributed by atoms with E-state index in [0.717, 1.165) is 34.3 Å². The highest BCUT2D eigenvalue weighted by Gasteiger charge is 2.40. The first kappa shape index (κ1) is 14.0. The Bertz CT molecular complexity index is 501. The van der Waals surface area contributed by atoms with Gasteiger partial charge >= 0.3 is 0 Å². The Balaban J connectivity index is 1.56. The number of halogens is 1. The van der Waals surface area contributed by atoms with Crippen LogP contribution in [-0.4, -0.2) is 11.5 Å². The minimum atomic E-state index is -0.342. The van der Waals surface area contributed by atoms with Crippen molar-refractivity contribution in [3.63, 3.8) is 0 Å². The predicted octanol–water partition coefficient (Wildman–Crippen LogP) is 3.88. The maximum atomic E-state index is 10.8. The van der Waals surface area contributed by atoms with E-state index in [4.69, 9.17) is 0 Å². The van der Waals surface area contributed by atoms with E-state index in [1.807, 2.05) is 6.07 Å². The van der Waals surface area contributed by atoms with Crippen molar-refractivity contribution in [1.29, 1.82) is 0 Å². The summed E-state index contributed by atoms with van der Waals surface area (Å²) in [5.74, 6) is 2.70. The van der Waals surface area contributed by atoms with Gasteiger partial charge in [-0.15, -0.1) is 0 Å². The fourth-order valence-electron chi connectivity index (χ4n) is 2.99. The third-order valence-corrected chi connectivity index (χ3v) is 4.78. The fourth-order valence-corrected chi connectivity index (χ4v) is 3.52. The molecule has 0 bridgehead atoms. The number of nitro benzene ring substituents is 1. The summed E-state index contributed by atoms with van der Waals surface area (Å²) in [4.78, 5) is 10.5. The van der Waals surface area contributed by atoms with E-state index in [9.17, 15) is 10.1 Å². The number of non-ortho nitro benzene ring substituents is 1. The predicted molar refractivity (Wildman–Crippen MR) is 81.4 cm³/mol. The zero-order valence-corrected chi connectivity index (χ0v) is 12.9. The van der Waals surface area contributed by atoms with E-state index in [1.165, 1.54) is 25.7 Å². The number of hydrogen-bond acceptors (Lipinski definition) is 3. The first-order chi connectivity index (χ1) is 9.63. The lowest BCUT2D eigenvalue weighted by atomic mass is 9.98. The zero-order valence-electron chi connectivity index (χ0n) is 11.3. The van der Waals surface area contributed by atoms with Gasteiger partial charge in [-0.1, -0.05) is 15.9 Å². The maximum Gasteiger partial charge on any atom is 0.270 e. The van der Waals surface area contributed by atoms with E-state index in [1.54, 1.807) is 12.1 Å². The second-order valence-corrected chi connectivity index (χ2v) is 6.96. The average molecular weight is 339 g/mol. The summed E-state index contributed by atoms with van der Waals surface area (Å²) in [5, 5.41) is 14.3.